The van der Waals surface area contributed by atoms with Gasteiger partial charge in [-0.25, -0.2) is 18.7 Å². The van der Waals surface area contributed by atoms with Crippen molar-refractivity contribution in [1.82, 2.24) is 9.97 Å². The van der Waals surface area contributed by atoms with Gasteiger partial charge in [-0.2, -0.15) is 0 Å². The van der Waals surface area contributed by atoms with Crippen molar-refractivity contribution in [2.24, 2.45) is 0 Å². The lowest BCUT2D eigenvalue weighted by molar-refractivity contribution is 0.509. The van der Waals surface area contributed by atoms with Gasteiger partial charge in [0.2, 0.25) is 0 Å². The third kappa shape index (κ3) is 2.26. The molecule has 0 fully saturated rings. The SMILES string of the molecule is Cc1nc(-c2ccc(F)c(F)c2)nc(N)c1Br. The normalized spacial score (nSPS) is 10.6. The molecule has 0 aliphatic carbocycles. The van der Waals surface area contributed by atoms with Crippen LogP contribution in [-0.2, 0) is 0 Å². The van der Waals surface area contributed by atoms with E-state index in [1.54, 1.807) is 6.92 Å². The largest absolute Gasteiger partial charge is 0.383 e. The lowest BCUT2D eigenvalue weighted by Crippen LogP contribution is -2.00. The standard InChI is InChI=1S/C11H8BrF2N3/c1-5-9(12)10(15)17-11(16-5)6-2-3-7(13)8(14)4-6/h2-4H,1H3,(H2,15,16,17). The second kappa shape index (κ2) is 4.37. The van der Waals surface area contributed by atoms with Crippen LogP contribution in [0, 0.1) is 18.6 Å². The zero-order valence-corrected chi connectivity index (χ0v) is 10.4. The molecule has 0 aliphatic heterocycles. The van der Waals surface area contributed by atoms with Gasteiger partial charge in [-0.3, -0.25) is 0 Å². The van der Waals surface area contributed by atoms with Gasteiger partial charge >= 0.3 is 0 Å². The summed E-state index contributed by atoms with van der Waals surface area (Å²) in [7, 11) is 0. The molecule has 0 spiro atoms. The van der Waals surface area contributed by atoms with Crippen molar-refractivity contribution in [3.8, 4) is 11.4 Å². The molecule has 0 aliphatic rings. The van der Waals surface area contributed by atoms with Crippen molar-refractivity contribution in [2.45, 2.75) is 6.92 Å². The lowest BCUT2D eigenvalue weighted by atomic mass is 10.2. The van der Waals surface area contributed by atoms with Gasteiger partial charge in [-0.05, 0) is 41.1 Å². The van der Waals surface area contributed by atoms with E-state index < -0.39 is 11.6 Å². The fraction of sp³-hybridized carbons (Fsp3) is 0.0909. The molecule has 0 saturated heterocycles. The monoisotopic (exact) mass is 299 g/mol. The van der Waals surface area contributed by atoms with Crippen molar-refractivity contribution in [3.63, 3.8) is 0 Å². The predicted molar refractivity (Wildman–Crippen MR) is 64.2 cm³/mol. The molecular weight excluding hydrogens is 292 g/mol. The summed E-state index contributed by atoms with van der Waals surface area (Å²) >= 11 is 3.23. The van der Waals surface area contributed by atoms with Crippen molar-refractivity contribution in [1.29, 1.82) is 0 Å². The second-order valence-corrected chi connectivity index (χ2v) is 4.25. The first kappa shape index (κ1) is 11.9. The van der Waals surface area contributed by atoms with Crippen molar-refractivity contribution in [3.05, 3.63) is 40.0 Å². The highest BCUT2D eigenvalue weighted by Crippen LogP contribution is 2.25. The number of halogens is 3. The number of benzene rings is 1. The Morgan fingerprint density at radius 1 is 1.18 bits per heavy atom. The fourth-order valence-electron chi connectivity index (χ4n) is 1.35. The number of nitrogens with two attached hydrogens (primary N) is 1. The van der Waals surface area contributed by atoms with Crippen LogP contribution in [0.5, 0.6) is 0 Å². The predicted octanol–water partition coefficient (Wildman–Crippen LogP) is 3.07. The highest BCUT2D eigenvalue weighted by Gasteiger charge is 2.10. The van der Waals surface area contributed by atoms with E-state index >= 15 is 0 Å². The lowest BCUT2D eigenvalue weighted by Gasteiger charge is -2.06. The van der Waals surface area contributed by atoms with E-state index in [4.69, 9.17) is 5.73 Å². The summed E-state index contributed by atoms with van der Waals surface area (Å²) in [6.45, 7) is 1.74. The van der Waals surface area contributed by atoms with Crippen molar-refractivity contribution in [2.75, 3.05) is 5.73 Å². The molecular formula is C11H8BrF2N3. The summed E-state index contributed by atoms with van der Waals surface area (Å²) in [4.78, 5) is 8.15. The van der Waals surface area contributed by atoms with E-state index in [9.17, 15) is 8.78 Å². The number of hydrogen-bond donors (Lipinski definition) is 1. The first-order chi connectivity index (χ1) is 7.99. The Balaban J connectivity index is 2.57. The molecule has 2 rings (SSSR count). The van der Waals surface area contributed by atoms with Gasteiger partial charge in [0.1, 0.15) is 5.82 Å². The molecule has 0 bridgehead atoms. The Morgan fingerprint density at radius 2 is 1.88 bits per heavy atom. The first-order valence-electron chi connectivity index (χ1n) is 4.74. The first-order valence-corrected chi connectivity index (χ1v) is 5.53. The Morgan fingerprint density at radius 3 is 2.47 bits per heavy atom. The molecule has 0 atom stereocenters. The maximum atomic E-state index is 13.1. The molecule has 1 aromatic carbocycles. The van der Waals surface area contributed by atoms with E-state index in [1.807, 2.05) is 0 Å². The molecule has 6 heteroatoms. The van der Waals surface area contributed by atoms with E-state index in [2.05, 4.69) is 25.9 Å². The highest BCUT2D eigenvalue weighted by atomic mass is 79.9. The number of aryl methyl sites for hydroxylation is 1. The molecule has 0 unspecified atom stereocenters. The zero-order chi connectivity index (χ0) is 12.6. The maximum Gasteiger partial charge on any atom is 0.161 e. The molecule has 1 heterocycles. The quantitative estimate of drug-likeness (QED) is 0.880. The Kier molecular flexibility index (Phi) is 3.06. The van der Waals surface area contributed by atoms with Gasteiger partial charge in [-0.1, -0.05) is 0 Å². The van der Waals surface area contributed by atoms with Gasteiger partial charge in [0.05, 0.1) is 10.2 Å². The smallest absolute Gasteiger partial charge is 0.161 e. The Labute approximate surface area is 105 Å². The zero-order valence-electron chi connectivity index (χ0n) is 8.84. The van der Waals surface area contributed by atoms with E-state index in [0.29, 0.717) is 15.7 Å². The van der Waals surface area contributed by atoms with Crippen LogP contribution >= 0.6 is 15.9 Å². The number of aromatic nitrogens is 2. The summed E-state index contributed by atoms with van der Waals surface area (Å²) < 4.78 is 26.5. The topological polar surface area (TPSA) is 51.8 Å². The van der Waals surface area contributed by atoms with Crippen LogP contribution < -0.4 is 5.73 Å². The third-order valence-electron chi connectivity index (χ3n) is 2.22. The molecule has 0 amide bonds. The molecule has 0 saturated carbocycles. The number of hydrogen-bond acceptors (Lipinski definition) is 3. The van der Waals surface area contributed by atoms with Crippen LogP contribution in [0.2, 0.25) is 0 Å². The minimum absolute atomic E-state index is 0.261. The van der Waals surface area contributed by atoms with Crippen LogP contribution in [0.1, 0.15) is 5.69 Å². The number of anilines is 1. The van der Waals surface area contributed by atoms with Gasteiger partial charge < -0.3 is 5.73 Å². The van der Waals surface area contributed by atoms with Gasteiger partial charge in [0.25, 0.3) is 0 Å². The van der Waals surface area contributed by atoms with Gasteiger partial charge in [0, 0.05) is 5.56 Å². The number of rotatable bonds is 1. The van der Waals surface area contributed by atoms with Crippen LogP contribution in [-0.4, -0.2) is 9.97 Å². The molecule has 0 radical (unpaired) electrons. The van der Waals surface area contributed by atoms with Gasteiger partial charge in [0.15, 0.2) is 17.5 Å². The molecule has 17 heavy (non-hydrogen) atoms. The minimum atomic E-state index is -0.940. The minimum Gasteiger partial charge on any atom is -0.383 e. The molecule has 2 aromatic rings. The maximum absolute atomic E-state index is 13.1. The van der Waals surface area contributed by atoms with Crippen LogP contribution in [0.4, 0.5) is 14.6 Å². The van der Waals surface area contributed by atoms with Crippen LogP contribution in [0.15, 0.2) is 22.7 Å². The van der Waals surface area contributed by atoms with Crippen molar-refractivity contribution >= 4 is 21.7 Å². The number of nitrogens with zero attached hydrogens (tertiary/aromatic N) is 2. The molecule has 88 valence electrons. The van der Waals surface area contributed by atoms with Crippen LogP contribution in [0.3, 0.4) is 0 Å². The highest BCUT2D eigenvalue weighted by molar-refractivity contribution is 9.10. The summed E-state index contributed by atoms with van der Waals surface area (Å²) in [6, 6.07) is 3.47. The van der Waals surface area contributed by atoms with E-state index in [-0.39, 0.29) is 11.6 Å². The van der Waals surface area contributed by atoms with Crippen molar-refractivity contribution < 1.29 is 8.78 Å². The molecule has 1 aromatic heterocycles. The van der Waals surface area contributed by atoms with E-state index in [0.717, 1.165) is 12.1 Å². The Hall–Kier alpha value is -1.56. The fourth-order valence-corrected chi connectivity index (χ4v) is 1.52. The number of nitrogen functional groups attached to an aromatic ring is 1. The molecule has 3 nitrogen and oxygen atoms in total. The average Bonchev–Trinajstić information content (AvgIpc) is 2.29. The van der Waals surface area contributed by atoms with E-state index in [1.165, 1.54) is 6.07 Å². The summed E-state index contributed by atoms with van der Waals surface area (Å²) in [6.07, 6.45) is 0. The molecule has 2 N–H and O–H groups in total. The summed E-state index contributed by atoms with van der Waals surface area (Å²) in [5, 5.41) is 0. The summed E-state index contributed by atoms with van der Waals surface area (Å²) in [5.74, 6) is -1.32. The van der Waals surface area contributed by atoms with Crippen LogP contribution in [0.25, 0.3) is 11.4 Å². The third-order valence-corrected chi connectivity index (χ3v) is 3.20. The Bertz CT molecular complexity index is 564. The van der Waals surface area contributed by atoms with Gasteiger partial charge in [-0.15, -0.1) is 0 Å². The average molecular weight is 300 g/mol. The second-order valence-electron chi connectivity index (χ2n) is 3.46. The summed E-state index contributed by atoms with van der Waals surface area (Å²) in [5.41, 5.74) is 6.68.